The zero-order chi connectivity index (χ0) is 47.3. The maximum atomic E-state index is 12.4. The van der Waals surface area contributed by atoms with Gasteiger partial charge in [-0.15, -0.1) is 0 Å². The molecule has 18 nitrogen and oxygen atoms in total. The number of esters is 2. The third-order valence-electron chi connectivity index (χ3n) is 7.88. The van der Waals surface area contributed by atoms with E-state index in [-0.39, 0.29) is 59.2 Å². The fraction of sp³-hybridized carbons (Fsp3) is 0.700. The molecule has 2 aliphatic heterocycles. The fourth-order valence-corrected chi connectivity index (χ4v) is 7.59. The van der Waals surface area contributed by atoms with Gasteiger partial charge in [0.15, 0.2) is 0 Å². The first-order chi connectivity index (χ1) is 29.6. The van der Waals surface area contributed by atoms with E-state index in [4.69, 9.17) is 52.9 Å². The van der Waals surface area contributed by atoms with Gasteiger partial charge >= 0.3 is 24.1 Å². The van der Waals surface area contributed by atoms with E-state index < -0.39 is 23.5 Å². The van der Waals surface area contributed by atoms with E-state index in [2.05, 4.69) is 33.3 Å². The number of carbonyl (C=O) groups is 6. The fourth-order valence-electron chi connectivity index (χ4n) is 5.05. The number of ether oxygens (including phenoxy) is 8. The van der Waals surface area contributed by atoms with Gasteiger partial charge in [-0.3, -0.25) is 24.5 Å². The Kier molecular flexibility index (Phi) is 37.9. The van der Waals surface area contributed by atoms with Crippen LogP contribution in [-0.4, -0.2) is 151 Å². The van der Waals surface area contributed by atoms with E-state index in [0.29, 0.717) is 69.6 Å². The molecular weight excluding hydrogens is 889 g/mol. The van der Waals surface area contributed by atoms with Gasteiger partial charge in [0.2, 0.25) is 20.6 Å². The van der Waals surface area contributed by atoms with Crippen molar-refractivity contribution in [2.45, 2.75) is 96.7 Å². The highest BCUT2D eigenvalue weighted by Crippen LogP contribution is 2.27. The third-order valence-corrected chi connectivity index (χ3v) is 10.5. The number of thiocarbonyl (C=S) groups is 2. The van der Waals surface area contributed by atoms with Crippen LogP contribution in [0.2, 0.25) is 0 Å². The van der Waals surface area contributed by atoms with Gasteiger partial charge in [0, 0.05) is 46.2 Å². The molecule has 0 bridgehead atoms. The van der Waals surface area contributed by atoms with Gasteiger partial charge in [-0.25, -0.2) is 9.59 Å². The molecule has 2 fully saturated rings. The second-order valence-electron chi connectivity index (χ2n) is 12.6. The van der Waals surface area contributed by atoms with E-state index in [1.165, 1.54) is 43.9 Å². The maximum Gasteiger partial charge on any atom is 0.411 e. The quantitative estimate of drug-likeness (QED) is 0.0422. The third kappa shape index (κ3) is 30.4. The first-order valence-electron chi connectivity index (χ1n) is 20.3. The van der Waals surface area contributed by atoms with Crippen LogP contribution in [0.5, 0.6) is 0 Å². The van der Waals surface area contributed by atoms with E-state index in [0.717, 1.165) is 19.4 Å². The van der Waals surface area contributed by atoms with Gasteiger partial charge < -0.3 is 53.0 Å². The predicted octanol–water partition coefficient (Wildman–Crippen LogP) is 5.96. The van der Waals surface area contributed by atoms with Crippen molar-refractivity contribution in [3.63, 3.8) is 0 Å². The van der Waals surface area contributed by atoms with Crippen LogP contribution in [0.25, 0.3) is 0 Å². The van der Waals surface area contributed by atoms with Crippen molar-refractivity contribution >= 4 is 92.7 Å². The van der Waals surface area contributed by atoms with E-state index >= 15 is 0 Å². The number of carbonyl (C=O) groups excluding carboxylic acids is 6. The minimum atomic E-state index is -0.612. The van der Waals surface area contributed by atoms with Gasteiger partial charge in [0.1, 0.15) is 18.5 Å². The normalized spacial score (nSPS) is 14.6. The number of nitrogens with one attached hydrogen (secondary N) is 2. The highest BCUT2D eigenvalue weighted by Gasteiger charge is 2.34. The second-order valence-corrected chi connectivity index (χ2v) is 16.3. The highest BCUT2D eigenvalue weighted by molar-refractivity contribution is 8.23. The van der Waals surface area contributed by atoms with Crippen LogP contribution >= 0.6 is 48.0 Å². The molecule has 4 amide bonds. The minimum Gasteiger partial charge on any atom is -0.479 e. The van der Waals surface area contributed by atoms with Crippen LogP contribution in [0.3, 0.4) is 0 Å². The van der Waals surface area contributed by atoms with Crippen molar-refractivity contribution in [1.29, 1.82) is 0 Å². The Hall–Kier alpha value is -3.70. The van der Waals surface area contributed by atoms with Gasteiger partial charge in [-0.1, -0.05) is 43.6 Å². The number of nitrogens with zero attached hydrogens (tertiary/aromatic N) is 2. The van der Waals surface area contributed by atoms with Crippen molar-refractivity contribution < 1.29 is 66.7 Å². The number of amides is 4. The van der Waals surface area contributed by atoms with Gasteiger partial charge in [0.05, 0.1) is 50.9 Å². The summed E-state index contributed by atoms with van der Waals surface area (Å²) in [6, 6.07) is -0.268. The van der Waals surface area contributed by atoms with Crippen LogP contribution in [0.15, 0.2) is 25.6 Å². The summed E-state index contributed by atoms with van der Waals surface area (Å²) in [4.78, 5) is 72.5. The maximum absolute atomic E-state index is 12.4. The molecule has 0 saturated carbocycles. The van der Waals surface area contributed by atoms with E-state index in [1.54, 1.807) is 43.7 Å². The number of hydrogen-bond acceptors (Lipinski definition) is 18. The van der Waals surface area contributed by atoms with Crippen LogP contribution in [0, 0.1) is 5.92 Å². The lowest BCUT2D eigenvalue weighted by Gasteiger charge is -2.32. The van der Waals surface area contributed by atoms with Crippen LogP contribution in [-0.2, 0) is 57.1 Å². The number of alkyl carbamates (subject to hydrolysis) is 2. The molecule has 0 radical (unpaired) electrons. The first-order valence-corrected chi connectivity index (χ1v) is 22.8. The Balaban J connectivity index is 0. The lowest BCUT2D eigenvalue weighted by molar-refractivity contribution is -0.148. The molecule has 0 aromatic carbocycles. The summed E-state index contributed by atoms with van der Waals surface area (Å²) < 4.78 is 40.2. The second kappa shape index (κ2) is 38.9. The molecule has 4 unspecified atom stereocenters. The SMILES string of the molecule is C=CN1CCCC1=O.C=CNC(=O)OCCOC.CCOC(=O)C(C)CC(CC(NC(=O)OCCOC)SC(=S)OCC)N1CCCC1=O.CCOC(=O)C(C)SC(=S)OCC. The summed E-state index contributed by atoms with van der Waals surface area (Å²) in [7, 11) is 3.05. The summed E-state index contributed by atoms with van der Waals surface area (Å²) in [5, 5.41) is 4.25. The van der Waals surface area contributed by atoms with Gasteiger partial charge in [-0.2, -0.15) is 0 Å². The molecule has 0 aliphatic carbocycles. The Morgan fingerprint density at radius 1 is 0.710 bits per heavy atom. The Morgan fingerprint density at radius 3 is 1.68 bits per heavy atom. The molecule has 2 saturated heterocycles. The van der Waals surface area contributed by atoms with E-state index in [1.807, 2.05) is 13.8 Å². The molecule has 0 aromatic heterocycles. The van der Waals surface area contributed by atoms with Crippen LogP contribution in [0.4, 0.5) is 9.59 Å². The van der Waals surface area contributed by atoms with Crippen LogP contribution in [0.1, 0.15) is 80.1 Å². The monoisotopic (exact) mass is 956 g/mol. The minimum absolute atomic E-state index is 0.0415. The molecule has 2 rings (SSSR count). The largest absolute Gasteiger partial charge is 0.479 e. The molecule has 4 atom stereocenters. The Morgan fingerprint density at radius 2 is 1.23 bits per heavy atom. The number of methoxy groups -OCH3 is 2. The molecule has 22 heteroatoms. The summed E-state index contributed by atoms with van der Waals surface area (Å²) in [5.41, 5.74) is 0. The van der Waals surface area contributed by atoms with Crippen LogP contribution < -0.4 is 10.6 Å². The zero-order valence-corrected chi connectivity index (χ0v) is 40.7. The summed E-state index contributed by atoms with van der Waals surface area (Å²) in [5.74, 6) is -0.703. The predicted molar refractivity (Wildman–Crippen MR) is 247 cm³/mol. The first kappa shape index (κ1) is 60.4. The molecule has 0 spiro atoms. The average Bonchev–Trinajstić information content (AvgIpc) is 3.85. The molecule has 356 valence electrons. The summed E-state index contributed by atoms with van der Waals surface area (Å²) in [6.45, 7) is 21.7. The lowest BCUT2D eigenvalue weighted by Crippen LogP contribution is -2.44. The number of hydrogen-bond donors (Lipinski definition) is 2. The van der Waals surface area contributed by atoms with Crippen molar-refractivity contribution in [2.75, 3.05) is 80.2 Å². The molecule has 2 heterocycles. The number of thioether (sulfide) groups is 2. The smallest absolute Gasteiger partial charge is 0.411 e. The summed E-state index contributed by atoms with van der Waals surface area (Å²) in [6.07, 6.45) is 5.47. The number of rotatable bonds is 22. The van der Waals surface area contributed by atoms with Crippen molar-refractivity contribution in [1.82, 2.24) is 20.4 Å². The molecule has 62 heavy (non-hydrogen) atoms. The topological polar surface area (TPSA) is 207 Å². The van der Waals surface area contributed by atoms with Crippen molar-refractivity contribution in [3.05, 3.63) is 25.6 Å². The van der Waals surface area contributed by atoms with Crippen molar-refractivity contribution in [2.24, 2.45) is 5.92 Å². The molecule has 2 aliphatic rings. The standard InChI is InChI=1S/C20H34N2O7S2.C8H14O3S2.C6H11NO3.C6H9NO/c1-5-27-18(24)14(3)12-15(22-9-7-8-17(22)23)13-16(31-20(30)28-6-2)21-19(25)29-11-10-26-4;1-4-10-7(9)6(3)13-8(12)11-5-2;1-3-7-6(8)10-5-4-9-2;1-2-7-5-3-4-6(7)8/h14-16H,5-13H2,1-4H3,(H,21,25);6H,4-5H2,1-3H3;3H,1,4-5H2,2H3,(H,7,8);2H,1,3-5H2. The summed E-state index contributed by atoms with van der Waals surface area (Å²) >= 11 is 12.5. The molecular formula is C40H68N4O14S4. The van der Waals surface area contributed by atoms with E-state index in [9.17, 15) is 28.8 Å². The lowest BCUT2D eigenvalue weighted by atomic mass is 9.98. The zero-order valence-electron chi connectivity index (χ0n) is 37.4. The van der Waals surface area contributed by atoms with Gasteiger partial charge in [0.25, 0.3) is 0 Å². The average molecular weight is 957 g/mol. The van der Waals surface area contributed by atoms with Gasteiger partial charge in [-0.05, 0) is 97.1 Å². The molecule has 0 aromatic rings. The molecule has 2 N–H and O–H groups in total. The van der Waals surface area contributed by atoms with Crippen molar-refractivity contribution in [3.8, 4) is 0 Å². The Labute approximate surface area is 386 Å². The number of likely N-dealkylation sites (tertiary alicyclic amines) is 2. The highest BCUT2D eigenvalue weighted by atomic mass is 32.2. The Bertz CT molecular complexity index is 1380.